The van der Waals surface area contributed by atoms with Crippen LogP contribution in [0.3, 0.4) is 0 Å². The van der Waals surface area contributed by atoms with Crippen molar-refractivity contribution in [3.05, 3.63) is 12.2 Å². The van der Waals surface area contributed by atoms with Gasteiger partial charge < -0.3 is 19.6 Å². The second kappa shape index (κ2) is 19.1. The molecule has 0 spiro atoms. The van der Waals surface area contributed by atoms with E-state index in [1.165, 1.54) is 70.6 Å². The zero-order chi connectivity index (χ0) is 20.2. The Morgan fingerprint density at radius 3 is 2.00 bits per heavy atom. The molecule has 0 aliphatic rings. The topological polar surface area (TPSA) is 78.8 Å². The molecule has 0 aliphatic heterocycles. The lowest BCUT2D eigenvalue weighted by Gasteiger charge is -2.09. The minimum atomic E-state index is -3.60. The summed E-state index contributed by atoms with van der Waals surface area (Å²) < 4.78 is 4.63. The summed E-state index contributed by atoms with van der Waals surface area (Å²) in [5.74, 6) is -0.0274. The molecule has 3 N–H and O–H groups in total. The molecule has 0 aromatic carbocycles. The Hall–Kier alpha value is -0.260. The fraction of sp³-hybridized carbons (Fsp3) is 0.850. The van der Waals surface area contributed by atoms with Gasteiger partial charge in [0, 0.05) is 13.0 Å². The Labute approximate surface area is 171 Å². The minimum Gasteiger partial charge on any atom is -0.354 e. The second-order valence-electron chi connectivity index (χ2n) is 7.01. The zero-order valence-corrected chi connectivity index (χ0v) is 18.7. The number of allylic oxidation sites excluding steroid dienone is 2. The summed E-state index contributed by atoms with van der Waals surface area (Å²) in [6, 6.07) is 0. The molecule has 160 valence electrons. The molecule has 7 heteroatoms. The van der Waals surface area contributed by atoms with Gasteiger partial charge in [0.15, 0.2) is 0 Å². The molecule has 0 atom stereocenters. The number of amides is 1. The predicted octanol–water partition coefficient (Wildman–Crippen LogP) is 5.37. The van der Waals surface area contributed by atoms with Gasteiger partial charge in [-0.25, -0.2) is 0 Å². The van der Waals surface area contributed by atoms with Crippen LogP contribution < -0.4 is 5.32 Å². The van der Waals surface area contributed by atoms with Crippen molar-refractivity contribution in [1.82, 2.24) is 5.32 Å². The number of hydrogen-bond acceptors (Lipinski definition) is 3. The first kappa shape index (κ1) is 26.7. The molecule has 0 saturated carbocycles. The van der Waals surface area contributed by atoms with Gasteiger partial charge in [0.1, 0.15) is 0 Å². The number of carbonyl (C=O) groups is 1. The van der Waals surface area contributed by atoms with E-state index in [9.17, 15) is 4.79 Å². The van der Waals surface area contributed by atoms with Crippen LogP contribution in [0, 0.1) is 0 Å². The average molecular weight is 422 g/mol. The van der Waals surface area contributed by atoms with Gasteiger partial charge in [-0.2, -0.15) is 0 Å². The SMILES string of the molecule is CCCCCCCC/C=C/CCCCCCCC(=O)NCCOP(O)(O)=S. The number of nitrogens with one attached hydrogen (secondary N) is 1. The molecule has 0 heterocycles. The Bertz CT molecular complexity index is 426. The Kier molecular flexibility index (Phi) is 18.9. The summed E-state index contributed by atoms with van der Waals surface area (Å²) in [6.45, 7) is -1.07. The third-order valence-corrected chi connectivity index (χ3v) is 5.18. The van der Waals surface area contributed by atoms with E-state index in [-0.39, 0.29) is 19.1 Å². The summed E-state index contributed by atoms with van der Waals surface area (Å²) in [6.07, 6.45) is 21.3. The molecule has 0 aromatic heterocycles. The summed E-state index contributed by atoms with van der Waals surface area (Å²) in [5, 5.41) is 2.68. The van der Waals surface area contributed by atoms with Crippen LogP contribution in [0.4, 0.5) is 0 Å². The van der Waals surface area contributed by atoms with Crippen molar-refractivity contribution in [3.8, 4) is 0 Å². The van der Waals surface area contributed by atoms with Crippen molar-refractivity contribution in [3.63, 3.8) is 0 Å². The largest absolute Gasteiger partial charge is 0.354 e. The van der Waals surface area contributed by atoms with Crippen LogP contribution in [-0.4, -0.2) is 28.8 Å². The van der Waals surface area contributed by atoms with Crippen LogP contribution in [0.5, 0.6) is 0 Å². The van der Waals surface area contributed by atoms with Gasteiger partial charge in [-0.1, -0.05) is 70.4 Å². The van der Waals surface area contributed by atoms with E-state index < -0.39 is 6.72 Å². The lowest BCUT2D eigenvalue weighted by molar-refractivity contribution is -0.121. The summed E-state index contributed by atoms with van der Waals surface area (Å²) in [5.41, 5.74) is 0. The van der Waals surface area contributed by atoms with Gasteiger partial charge >= 0.3 is 6.72 Å². The van der Waals surface area contributed by atoms with Gasteiger partial charge in [0.05, 0.1) is 6.61 Å². The van der Waals surface area contributed by atoms with Gasteiger partial charge in [-0.3, -0.25) is 4.79 Å². The zero-order valence-electron chi connectivity index (χ0n) is 17.0. The maximum absolute atomic E-state index is 11.6. The summed E-state index contributed by atoms with van der Waals surface area (Å²) in [4.78, 5) is 29.3. The van der Waals surface area contributed by atoms with Crippen molar-refractivity contribution in [2.45, 2.75) is 96.8 Å². The molecule has 5 nitrogen and oxygen atoms in total. The quantitative estimate of drug-likeness (QED) is 0.149. The first-order valence-electron chi connectivity index (χ1n) is 10.6. The van der Waals surface area contributed by atoms with Crippen LogP contribution in [-0.2, 0) is 21.1 Å². The van der Waals surface area contributed by atoms with E-state index in [2.05, 4.69) is 40.7 Å². The molecule has 0 aliphatic carbocycles. The molecule has 0 bridgehead atoms. The molecular formula is C20H40NO4PS. The van der Waals surface area contributed by atoms with Crippen LogP contribution >= 0.6 is 6.72 Å². The lowest BCUT2D eigenvalue weighted by Crippen LogP contribution is -2.26. The van der Waals surface area contributed by atoms with Crippen molar-refractivity contribution in [2.24, 2.45) is 0 Å². The highest BCUT2D eigenvalue weighted by Crippen LogP contribution is 2.35. The van der Waals surface area contributed by atoms with E-state index in [1.54, 1.807) is 0 Å². The third-order valence-electron chi connectivity index (χ3n) is 4.35. The van der Waals surface area contributed by atoms with Crippen molar-refractivity contribution in [2.75, 3.05) is 13.2 Å². The van der Waals surface area contributed by atoms with Crippen molar-refractivity contribution < 1.29 is 19.1 Å². The smallest absolute Gasteiger partial charge is 0.321 e. The van der Waals surface area contributed by atoms with Gasteiger partial charge in [-0.05, 0) is 43.9 Å². The molecular weight excluding hydrogens is 381 g/mol. The highest BCUT2D eigenvalue weighted by molar-refractivity contribution is 8.06. The molecule has 0 unspecified atom stereocenters. The highest BCUT2D eigenvalue weighted by Gasteiger charge is 2.07. The highest BCUT2D eigenvalue weighted by atomic mass is 32.5. The first-order valence-corrected chi connectivity index (χ1v) is 13.2. The van der Waals surface area contributed by atoms with Crippen LogP contribution in [0.1, 0.15) is 96.8 Å². The van der Waals surface area contributed by atoms with Gasteiger partial charge in [0.25, 0.3) is 0 Å². The molecule has 0 aromatic rings. The van der Waals surface area contributed by atoms with Gasteiger partial charge in [0.2, 0.25) is 5.91 Å². The Morgan fingerprint density at radius 1 is 0.926 bits per heavy atom. The van der Waals surface area contributed by atoms with E-state index in [0.717, 1.165) is 12.8 Å². The predicted molar refractivity (Wildman–Crippen MR) is 117 cm³/mol. The summed E-state index contributed by atoms with van der Waals surface area (Å²) in [7, 11) is 0. The fourth-order valence-electron chi connectivity index (χ4n) is 2.80. The third kappa shape index (κ3) is 23.7. The minimum absolute atomic E-state index is 0.0274. The number of unbranched alkanes of at least 4 members (excludes halogenated alkanes) is 11. The van der Waals surface area contributed by atoms with E-state index in [0.29, 0.717) is 6.42 Å². The van der Waals surface area contributed by atoms with Crippen molar-refractivity contribution >= 4 is 24.4 Å². The maximum atomic E-state index is 11.6. The van der Waals surface area contributed by atoms with Crippen molar-refractivity contribution in [1.29, 1.82) is 0 Å². The maximum Gasteiger partial charge on any atom is 0.321 e. The van der Waals surface area contributed by atoms with Crippen LogP contribution in [0.15, 0.2) is 12.2 Å². The number of hydrogen-bond donors (Lipinski definition) is 3. The van der Waals surface area contributed by atoms with Gasteiger partial charge in [-0.15, -0.1) is 0 Å². The molecule has 27 heavy (non-hydrogen) atoms. The van der Waals surface area contributed by atoms with Crippen LogP contribution in [0.2, 0.25) is 0 Å². The molecule has 0 radical (unpaired) electrons. The second-order valence-corrected chi connectivity index (χ2v) is 9.67. The van der Waals surface area contributed by atoms with E-state index >= 15 is 0 Å². The van der Waals surface area contributed by atoms with E-state index in [4.69, 9.17) is 9.79 Å². The molecule has 0 rings (SSSR count). The molecule has 0 saturated heterocycles. The average Bonchev–Trinajstić information content (AvgIpc) is 2.61. The number of rotatable bonds is 19. The molecule has 0 fully saturated rings. The Balaban J connectivity index is 3.27. The first-order chi connectivity index (χ1) is 13.0. The Morgan fingerprint density at radius 2 is 1.44 bits per heavy atom. The van der Waals surface area contributed by atoms with Crippen LogP contribution in [0.25, 0.3) is 0 Å². The fourth-order valence-corrected chi connectivity index (χ4v) is 3.35. The molecule has 1 amide bonds. The number of carbonyl (C=O) groups excluding carboxylic acids is 1. The van der Waals surface area contributed by atoms with E-state index in [1.807, 2.05) is 0 Å². The summed E-state index contributed by atoms with van der Waals surface area (Å²) >= 11 is 4.32. The standard InChI is InChI=1S/C20H40NO4PS/c1-2-3-4-5-6-7-8-9-10-11-12-13-14-15-16-17-20(22)21-18-19-25-26(23,24)27/h9-10H,2-8,11-19H2,1H3,(H,21,22)(H2,23,24,27)/b10-9+. The normalized spacial score (nSPS) is 12.0. The monoisotopic (exact) mass is 421 g/mol. The lowest BCUT2D eigenvalue weighted by atomic mass is 10.1.